The predicted molar refractivity (Wildman–Crippen MR) is 130 cm³/mol. The fourth-order valence-electron chi connectivity index (χ4n) is 4.49. The molecule has 0 fully saturated rings. The second-order valence-electron chi connectivity index (χ2n) is 9.38. The van der Waals surface area contributed by atoms with Gasteiger partial charge in [0.25, 0.3) is 0 Å². The van der Waals surface area contributed by atoms with Crippen LogP contribution in [0, 0.1) is 0 Å². The van der Waals surface area contributed by atoms with Crippen molar-refractivity contribution in [2.24, 2.45) is 0 Å². The number of carbonyl (C=O) groups is 1. The zero-order valence-corrected chi connectivity index (χ0v) is 21.0. The number of methoxy groups -OCH3 is 2. The number of aromatic nitrogens is 3. The summed E-state index contributed by atoms with van der Waals surface area (Å²) in [6.45, 7) is 3.71. The minimum absolute atomic E-state index is 0.0286. The highest BCUT2D eigenvalue weighted by Gasteiger charge is 2.39. The topological polar surface area (TPSA) is 84.2 Å². The first kappa shape index (κ1) is 25.4. The molecular weight excluding hydrogens is 503 g/mol. The molecule has 2 aromatic carbocycles. The Bertz CT molecular complexity index is 1530. The van der Waals surface area contributed by atoms with Crippen LogP contribution in [0.5, 0.6) is 17.2 Å². The third-order valence-corrected chi connectivity index (χ3v) is 6.24. The number of rotatable bonds is 5. The molecule has 1 atom stereocenters. The van der Waals surface area contributed by atoms with Crippen molar-refractivity contribution in [3.05, 3.63) is 71.5 Å². The highest BCUT2D eigenvalue weighted by molar-refractivity contribution is 5.96. The summed E-state index contributed by atoms with van der Waals surface area (Å²) in [6.07, 6.45) is -4.18. The van der Waals surface area contributed by atoms with Gasteiger partial charge in [0.2, 0.25) is 0 Å². The van der Waals surface area contributed by atoms with Crippen molar-refractivity contribution in [3.8, 4) is 28.5 Å². The highest BCUT2D eigenvalue weighted by atomic mass is 19.4. The summed E-state index contributed by atoms with van der Waals surface area (Å²) in [5, 5.41) is 3.83. The summed E-state index contributed by atoms with van der Waals surface area (Å²) >= 11 is 0. The van der Waals surface area contributed by atoms with E-state index in [0.29, 0.717) is 39.3 Å². The number of hydrogen-bond donors (Lipinski definition) is 0. The van der Waals surface area contributed by atoms with Gasteiger partial charge in [-0.25, -0.2) is 14.3 Å². The zero-order chi connectivity index (χ0) is 27.2. The molecular formula is C27H24F3N3O5. The molecule has 3 heterocycles. The Morgan fingerprint density at radius 1 is 1.11 bits per heavy atom. The number of carbonyl (C=O) groups excluding carboxylic acids is 1. The van der Waals surface area contributed by atoms with Crippen LogP contribution in [-0.2, 0) is 10.9 Å². The SMILES string of the molecule is COc1ccc2c(c1)[C@@H](OC(=O)c1cnn3c(C(F)(F)F)cc(-c4ccccc4OC)nc13)CC(C)(C)O2. The molecule has 38 heavy (non-hydrogen) atoms. The van der Waals surface area contributed by atoms with E-state index in [2.05, 4.69) is 10.1 Å². The maximum Gasteiger partial charge on any atom is 0.433 e. The second-order valence-corrected chi connectivity index (χ2v) is 9.38. The monoisotopic (exact) mass is 527 g/mol. The van der Waals surface area contributed by atoms with Gasteiger partial charge >= 0.3 is 12.1 Å². The minimum atomic E-state index is -4.77. The van der Waals surface area contributed by atoms with E-state index in [-0.39, 0.29) is 16.9 Å². The fraction of sp³-hybridized carbons (Fsp3) is 0.296. The van der Waals surface area contributed by atoms with E-state index in [4.69, 9.17) is 18.9 Å². The van der Waals surface area contributed by atoms with Gasteiger partial charge in [0.1, 0.15) is 34.5 Å². The molecule has 5 rings (SSSR count). The van der Waals surface area contributed by atoms with E-state index in [9.17, 15) is 18.0 Å². The molecule has 1 aliphatic heterocycles. The van der Waals surface area contributed by atoms with Crippen LogP contribution in [0.4, 0.5) is 13.2 Å². The van der Waals surface area contributed by atoms with Crippen LogP contribution in [0.25, 0.3) is 16.9 Å². The molecule has 0 aliphatic carbocycles. The third-order valence-electron chi connectivity index (χ3n) is 6.24. The van der Waals surface area contributed by atoms with E-state index in [1.165, 1.54) is 14.2 Å². The largest absolute Gasteiger partial charge is 0.497 e. The Morgan fingerprint density at radius 3 is 2.58 bits per heavy atom. The number of alkyl halides is 3. The van der Waals surface area contributed by atoms with Crippen molar-refractivity contribution in [2.45, 2.75) is 38.1 Å². The van der Waals surface area contributed by atoms with E-state index < -0.39 is 29.5 Å². The lowest BCUT2D eigenvalue weighted by Gasteiger charge is -2.37. The summed E-state index contributed by atoms with van der Waals surface area (Å²) in [5.74, 6) is 0.531. The van der Waals surface area contributed by atoms with Gasteiger partial charge in [-0.2, -0.15) is 18.3 Å². The second kappa shape index (κ2) is 9.23. The Labute approximate surface area is 215 Å². The van der Waals surface area contributed by atoms with Gasteiger partial charge in [-0.3, -0.25) is 0 Å². The average molecular weight is 527 g/mol. The van der Waals surface area contributed by atoms with E-state index in [0.717, 1.165) is 12.3 Å². The lowest BCUT2D eigenvalue weighted by Crippen LogP contribution is -2.36. The van der Waals surface area contributed by atoms with Gasteiger partial charge in [-0.15, -0.1) is 0 Å². The molecule has 8 nitrogen and oxygen atoms in total. The first-order chi connectivity index (χ1) is 18.0. The number of esters is 1. The molecule has 1 aliphatic rings. The first-order valence-corrected chi connectivity index (χ1v) is 11.7. The van der Waals surface area contributed by atoms with Crippen LogP contribution in [0.15, 0.2) is 54.7 Å². The quantitative estimate of drug-likeness (QED) is 0.299. The predicted octanol–water partition coefficient (Wildman–Crippen LogP) is 5.89. The average Bonchev–Trinajstić information content (AvgIpc) is 3.30. The Morgan fingerprint density at radius 2 is 1.87 bits per heavy atom. The van der Waals surface area contributed by atoms with Crippen molar-refractivity contribution in [1.82, 2.24) is 14.6 Å². The van der Waals surface area contributed by atoms with Gasteiger partial charge in [0, 0.05) is 17.5 Å². The first-order valence-electron chi connectivity index (χ1n) is 11.7. The molecule has 0 unspecified atom stereocenters. The van der Waals surface area contributed by atoms with Gasteiger partial charge in [-0.05, 0) is 50.2 Å². The van der Waals surface area contributed by atoms with Crippen molar-refractivity contribution in [2.75, 3.05) is 14.2 Å². The molecule has 11 heteroatoms. The molecule has 198 valence electrons. The van der Waals surface area contributed by atoms with Crippen LogP contribution in [0.2, 0.25) is 0 Å². The lowest BCUT2D eigenvalue weighted by molar-refractivity contribution is -0.142. The van der Waals surface area contributed by atoms with Crippen LogP contribution < -0.4 is 14.2 Å². The molecule has 0 bridgehead atoms. The van der Waals surface area contributed by atoms with Gasteiger partial charge in [0.05, 0.1) is 26.1 Å². The van der Waals surface area contributed by atoms with Crippen molar-refractivity contribution in [3.63, 3.8) is 0 Å². The zero-order valence-electron chi connectivity index (χ0n) is 21.0. The number of halogens is 3. The summed E-state index contributed by atoms with van der Waals surface area (Å²) in [6, 6.07) is 12.6. The Kier molecular flexibility index (Phi) is 6.16. The summed E-state index contributed by atoms with van der Waals surface area (Å²) < 4.78 is 65.2. The normalized spacial score (nSPS) is 16.4. The van der Waals surface area contributed by atoms with E-state index in [1.807, 2.05) is 13.8 Å². The Hall–Kier alpha value is -4.28. The van der Waals surface area contributed by atoms with E-state index in [1.54, 1.807) is 42.5 Å². The maximum absolute atomic E-state index is 14.0. The number of fused-ring (bicyclic) bond motifs is 2. The number of ether oxygens (including phenoxy) is 4. The standard InChI is InChI=1S/C27H24F3N3O5/c1-26(2)13-22(17-11-15(35-3)9-10-21(17)38-26)37-25(34)18-14-31-33-23(27(28,29)30)12-19(32-24(18)33)16-7-5-6-8-20(16)36-4/h5-12,14,22H,13H2,1-4H3/t22-/m0/s1. The fourth-order valence-corrected chi connectivity index (χ4v) is 4.49. The van der Waals surface area contributed by atoms with Crippen LogP contribution in [0.3, 0.4) is 0 Å². The van der Waals surface area contributed by atoms with Gasteiger partial charge < -0.3 is 18.9 Å². The van der Waals surface area contributed by atoms with Crippen LogP contribution in [-0.4, -0.2) is 40.4 Å². The van der Waals surface area contributed by atoms with Gasteiger partial charge in [0.15, 0.2) is 11.3 Å². The summed E-state index contributed by atoms with van der Waals surface area (Å²) in [7, 11) is 2.92. The number of benzene rings is 2. The van der Waals surface area contributed by atoms with Crippen molar-refractivity contribution in [1.29, 1.82) is 0 Å². The smallest absolute Gasteiger partial charge is 0.433 e. The Balaban J connectivity index is 1.60. The van der Waals surface area contributed by atoms with Crippen LogP contribution in [0.1, 0.15) is 48.0 Å². The van der Waals surface area contributed by atoms with Crippen LogP contribution >= 0.6 is 0 Å². The third kappa shape index (κ3) is 4.59. The molecule has 0 radical (unpaired) electrons. The molecule has 0 saturated heterocycles. The van der Waals surface area contributed by atoms with Crippen molar-refractivity contribution >= 4 is 11.6 Å². The maximum atomic E-state index is 14.0. The minimum Gasteiger partial charge on any atom is -0.497 e. The van der Waals surface area contributed by atoms with E-state index >= 15 is 0 Å². The molecule has 0 spiro atoms. The van der Waals surface area contributed by atoms with Gasteiger partial charge in [-0.1, -0.05) is 12.1 Å². The summed E-state index contributed by atoms with van der Waals surface area (Å²) in [5.41, 5.74) is -1.36. The molecule has 2 aromatic heterocycles. The number of nitrogens with zero attached hydrogens (tertiary/aromatic N) is 3. The number of hydrogen-bond acceptors (Lipinski definition) is 7. The molecule has 0 saturated carbocycles. The lowest BCUT2D eigenvalue weighted by atomic mass is 9.91. The molecule has 4 aromatic rings. The molecule has 0 amide bonds. The number of para-hydroxylation sites is 1. The summed E-state index contributed by atoms with van der Waals surface area (Å²) in [4.78, 5) is 17.8. The van der Waals surface area contributed by atoms with Crippen molar-refractivity contribution < 1.29 is 36.9 Å². The highest BCUT2D eigenvalue weighted by Crippen LogP contribution is 2.43. The molecule has 0 N–H and O–H groups in total.